The molecule has 2 amide bonds. The zero-order valence-electron chi connectivity index (χ0n) is 15.8. The van der Waals surface area contributed by atoms with E-state index in [1.165, 1.54) is 6.07 Å². The van der Waals surface area contributed by atoms with Crippen LogP contribution in [0.4, 0.5) is 18.0 Å². The molecule has 0 aliphatic heterocycles. The number of nitrogens with one attached hydrogen (secondary N) is 2. The van der Waals surface area contributed by atoms with Crippen LogP contribution >= 0.6 is 0 Å². The van der Waals surface area contributed by atoms with Gasteiger partial charge in [0.15, 0.2) is 0 Å². The van der Waals surface area contributed by atoms with Gasteiger partial charge in [0.05, 0.1) is 17.9 Å². The Labute approximate surface area is 166 Å². The summed E-state index contributed by atoms with van der Waals surface area (Å²) in [5, 5.41) is 5.41. The number of hydrogen-bond acceptors (Lipinski definition) is 2. The van der Waals surface area contributed by atoms with Crippen LogP contribution in [0, 0.1) is 0 Å². The summed E-state index contributed by atoms with van der Waals surface area (Å²) in [4.78, 5) is 16.2. The number of aromatic nitrogens is 2. The SMILES string of the molecule is C[C@@H](NC(=O)NCc1cccc(Cn2ccnc2)c1)c1cccc(C(F)(F)F)c1. The van der Waals surface area contributed by atoms with E-state index in [0.717, 1.165) is 23.3 Å². The molecule has 2 N–H and O–H groups in total. The topological polar surface area (TPSA) is 59.0 Å². The minimum absolute atomic E-state index is 0.304. The Bertz CT molecular complexity index is 955. The van der Waals surface area contributed by atoms with Crippen LogP contribution in [-0.4, -0.2) is 15.6 Å². The van der Waals surface area contributed by atoms with Crippen LogP contribution in [0.5, 0.6) is 0 Å². The summed E-state index contributed by atoms with van der Waals surface area (Å²) < 4.78 is 40.5. The lowest BCUT2D eigenvalue weighted by molar-refractivity contribution is -0.137. The first-order valence-corrected chi connectivity index (χ1v) is 9.06. The molecule has 0 fully saturated rings. The highest BCUT2D eigenvalue weighted by molar-refractivity contribution is 5.74. The second kappa shape index (κ2) is 8.81. The molecule has 152 valence electrons. The molecule has 8 heteroatoms. The van der Waals surface area contributed by atoms with Crippen LogP contribution in [0.3, 0.4) is 0 Å². The quantitative estimate of drug-likeness (QED) is 0.637. The highest BCUT2D eigenvalue weighted by Crippen LogP contribution is 2.30. The average molecular weight is 402 g/mol. The lowest BCUT2D eigenvalue weighted by atomic mass is 10.1. The number of urea groups is 1. The number of rotatable bonds is 6. The minimum atomic E-state index is -4.42. The molecule has 2 aromatic carbocycles. The molecule has 0 aliphatic rings. The molecule has 1 atom stereocenters. The molecule has 0 spiro atoms. The molecule has 0 saturated heterocycles. The van der Waals surface area contributed by atoms with Crippen LogP contribution in [0.2, 0.25) is 0 Å². The molecule has 0 aliphatic carbocycles. The van der Waals surface area contributed by atoms with Crippen LogP contribution in [0.1, 0.15) is 35.2 Å². The molecule has 0 unspecified atom stereocenters. The maximum Gasteiger partial charge on any atom is 0.416 e. The first-order valence-electron chi connectivity index (χ1n) is 9.06. The maximum atomic E-state index is 12.8. The van der Waals surface area contributed by atoms with Crippen molar-refractivity contribution in [2.24, 2.45) is 0 Å². The molecule has 1 aromatic heterocycles. The van der Waals surface area contributed by atoms with E-state index in [0.29, 0.717) is 18.7 Å². The van der Waals surface area contributed by atoms with Crippen molar-refractivity contribution >= 4 is 6.03 Å². The predicted octanol–water partition coefficient (Wildman–Crippen LogP) is 4.51. The Kier molecular flexibility index (Phi) is 6.21. The summed E-state index contributed by atoms with van der Waals surface area (Å²) in [5.74, 6) is 0. The van der Waals surface area contributed by atoms with Gasteiger partial charge in [0.1, 0.15) is 0 Å². The third kappa shape index (κ3) is 5.84. The number of carbonyl (C=O) groups is 1. The normalized spacial score (nSPS) is 12.4. The third-order valence-electron chi connectivity index (χ3n) is 4.43. The van der Waals surface area contributed by atoms with Crippen LogP contribution in [0.15, 0.2) is 67.3 Å². The third-order valence-corrected chi connectivity index (χ3v) is 4.43. The van der Waals surface area contributed by atoms with Crippen molar-refractivity contribution in [3.63, 3.8) is 0 Å². The molecule has 5 nitrogen and oxygen atoms in total. The largest absolute Gasteiger partial charge is 0.416 e. The number of hydrogen-bond donors (Lipinski definition) is 2. The summed E-state index contributed by atoms with van der Waals surface area (Å²) in [6.07, 6.45) is 0.891. The van der Waals surface area contributed by atoms with Crippen molar-refractivity contribution in [3.05, 3.63) is 89.5 Å². The van der Waals surface area contributed by atoms with Gasteiger partial charge in [-0.15, -0.1) is 0 Å². The Balaban J connectivity index is 1.55. The summed E-state index contributed by atoms with van der Waals surface area (Å²) in [6.45, 7) is 2.62. The van der Waals surface area contributed by atoms with E-state index in [1.807, 2.05) is 35.0 Å². The monoisotopic (exact) mass is 402 g/mol. The average Bonchev–Trinajstić information content (AvgIpc) is 3.19. The summed E-state index contributed by atoms with van der Waals surface area (Å²) in [5.41, 5.74) is 1.64. The zero-order chi connectivity index (χ0) is 20.9. The summed E-state index contributed by atoms with van der Waals surface area (Å²) in [6, 6.07) is 11.7. The number of benzene rings is 2. The molecule has 3 aromatic rings. The highest BCUT2D eigenvalue weighted by Gasteiger charge is 2.30. The number of alkyl halides is 3. The van der Waals surface area contributed by atoms with E-state index in [2.05, 4.69) is 15.6 Å². The van der Waals surface area contributed by atoms with Gasteiger partial charge < -0.3 is 15.2 Å². The van der Waals surface area contributed by atoms with Gasteiger partial charge in [0, 0.05) is 25.5 Å². The standard InChI is InChI=1S/C21H21F3N4O/c1-15(18-6-3-7-19(11-18)21(22,23)24)27-20(29)26-12-16-4-2-5-17(10-16)13-28-9-8-25-14-28/h2-11,14-15H,12-13H2,1H3,(H2,26,27,29)/t15-/m1/s1. The van der Waals surface area contributed by atoms with E-state index in [4.69, 9.17) is 0 Å². The van der Waals surface area contributed by atoms with Gasteiger partial charge in [-0.3, -0.25) is 0 Å². The van der Waals surface area contributed by atoms with Gasteiger partial charge in [0.2, 0.25) is 0 Å². The Morgan fingerprint density at radius 2 is 1.90 bits per heavy atom. The highest BCUT2D eigenvalue weighted by atomic mass is 19.4. The molecular weight excluding hydrogens is 381 g/mol. The van der Waals surface area contributed by atoms with Gasteiger partial charge in [-0.05, 0) is 35.7 Å². The van der Waals surface area contributed by atoms with Crippen LogP contribution in [-0.2, 0) is 19.3 Å². The lowest BCUT2D eigenvalue weighted by Crippen LogP contribution is -2.36. The maximum absolute atomic E-state index is 12.8. The Hall–Kier alpha value is -3.29. The van der Waals surface area contributed by atoms with E-state index in [-0.39, 0.29) is 0 Å². The molecule has 0 bridgehead atoms. The number of nitrogens with zero attached hydrogens (tertiary/aromatic N) is 2. The minimum Gasteiger partial charge on any atom is -0.334 e. The molecule has 0 radical (unpaired) electrons. The van der Waals surface area contributed by atoms with Crippen molar-refractivity contribution in [2.45, 2.75) is 32.2 Å². The predicted molar refractivity (Wildman–Crippen MR) is 103 cm³/mol. The fraction of sp³-hybridized carbons (Fsp3) is 0.238. The van der Waals surface area contributed by atoms with Gasteiger partial charge >= 0.3 is 12.2 Å². The van der Waals surface area contributed by atoms with Gasteiger partial charge in [-0.1, -0.05) is 36.4 Å². The van der Waals surface area contributed by atoms with E-state index >= 15 is 0 Å². The molecule has 1 heterocycles. The van der Waals surface area contributed by atoms with Crippen molar-refractivity contribution in [3.8, 4) is 0 Å². The number of imidazole rings is 1. The van der Waals surface area contributed by atoms with Crippen molar-refractivity contribution < 1.29 is 18.0 Å². The van der Waals surface area contributed by atoms with Crippen molar-refractivity contribution in [1.29, 1.82) is 0 Å². The summed E-state index contributed by atoms with van der Waals surface area (Å²) >= 11 is 0. The van der Waals surface area contributed by atoms with Crippen molar-refractivity contribution in [2.75, 3.05) is 0 Å². The van der Waals surface area contributed by atoms with Crippen LogP contribution < -0.4 is 10.6 Å². The van der Waals surface area contributed by atoms with Gasteiger partial charge in [0.25, 0.3) is 0 Å². The van der Waals surface area contributed by atoms with E-state index in [9.17, 15) is 18.0 Å². The van der Waals surface area contributed by atoms with Crippen LogP contribution in [0.25, 0.3) is 0 Å². The Morgan fingerprint density at radius 3 is 2.62 bits per heavy atom. The first-order chi connectivity index (χ1) is 13.8. The first kappa shape index (κ1) is 20.4. The smallest absolute Gasteiger partial charge is 0.334 e. The van der Waals surface area contributed by atoms with Crippen molar-refractivity contribution in [1.82, 2.24) is 20.2 Å². The molecular formula is C21H21F3N4O. The van der Waals surface area contributed by atoms with Gasteiger partial charge in [-0.25, -0.2) is 9.78 Å². The van der Waals surface area contributed by atoms with Gasteiger partial charge in [-0.2, -0.15) is 13.2 Å². The Morgan fingerprint density at radius 1 is 1.14 bits per heavy atom. The lowest BCUT2D eigenvalue weighted by Gasteiger charge is -2.17. The number of halogens is 3. The fourth-order valence-corrected chi connectivity index (χ4v) is 2.93. The second-order valence-electron chi connectivity index (χ2n) is 6.73. The molecule has 29 heavy (non-hydrogen) atoms. The van der Waals surface area contributed by atoms with E-state index < -0.39 is 23.8 Å². The van der Waals surface area contributed by atoms with E-state index in [1.54, 1.807) is 25.5 Å². The number of carbonyl (C=O) groups excluding carboxylic acids is 1. The summed E-state index contributed by atoms with van der Waals surface area (Å²) in [7, 11) is 0. The molecule has 3 rings (SSSR count). The molecule has 0 saturated carbocycles. The zero-order valence-corrected chi connectivity index (χ0v) is 15.8. The number of amides is 2. The fourth-order valence-electron chi connectivity index (χ4n) is 2.93. The second-order valence-corrected chi connectivity index (χ2v) is 6.73.